The van der Waals surface area contributed by atoms with E-state index in [2.05, 4.69) is 23.3 Å². The number of hydrogen-bond acceptors (Lipinski definition) is 7. The summed E-state index contributed by atoms with van der Waals surface area (Å²) in [5.74, 6) is -1.84. The number of carbonyl (C=O) groups is 4. The molecule has 10 heteroatoms. The third-order valence-corrected chi connectivity index (χ3v) is 5.64. The van der Waals surface area contributed by atoms with Crippen LogP contribution >= 0.6 is 0 Å². The van der Waals surface area contributed by atoms with Crippen LogP contribution in [0.1, 0.15) is 56.8 Å². The number of hydrogen-bond donors (Lipinski definition) is 3. The Morgan fingerprint density at radius 1 is 1.15 bits per heavy atom. The van der Waals surface area contributed by atoms with Crippen LogP contribution in [0.3, 0.4) is 0 Å². The Labute approximate surface area is 240 Å². The van der Waals surface area contributed by atoms with E-state index >= 15 is 0 Å². The molecule has 2 rings (SSSR count). The highest BCUT2D eigenvalue weighted by atomic mass is 16.6. The molecule has 0 aliphatic rings. The number of nitrogens with one attached hydrogen (secondary N) is 2. The minimum Gasteiger partial charge on any atom is -0.508 e. The first kappa shape index (κ1) is 32.4. The van der Waals surface area contributed by atoms with Gasteiger partial charge in [0.2, 0.25) is 5.91 Å². The first-order valence-corrected chi connectivity index (χ1v) is 13.1. The average Bonchev–Trinajstić information content (AvgIpc) is 2.91. The van der Waals surface area contributed by atoms with Crippen molar-refractivity contribution in [2.24, 2.45) is 0 Å². The Bertz CT molecular complexity index is 1280. The summed E-state index contributed by atoms with van der Waals surface area (Å²) in [6.07, 6.45) is 6.47. The molecule has 0 saturated heterocycles. The summed E-state index contributed by atoms with van der Waals surface area (Å²) >= 11 is 0. The van der Waals surface area contributed by atoms with Crippen LogP contribution in [0.2, 0.25) is 0 Å². The highest BCUT2D eigenvalue weighted by Gasteiger charge is 2.36. The summed E-state index contributed by atoms with van der Waals surface area (Å²) in [7, 11) is 0. The van der Waals surface area contributed by atoms with E-state index < -0.39 is 41.6 Å². The van der Waals surface area contributed by atoms with E-state index in [0.717, 1.165) is 4.90 Å². The maximum Gasteiger partial charge on any atom is 0.408 e. The molecule has 2 atom stereocenters. The van der Waals surface area contributed by atoms with Gasteiger partial charge in [0.25, 0.3) is 5.91 Å². The van der Waals surface area contributed by atoms with Crippen molar-refractivity contribution in [1.29, 1.82) is 0 Å². The quantitative estimate of drug-likeness (QED) is 0.204. The molecule has 2 aromatic rings. The van der Waals surface area contributed by atoms with Gasteiger partial charge in [0.15, 0.2) is 0 Å². The van der Waals surface area contributed by atoms with Crippen molar-refractivity contribution in [2.75, 3.05) is 13.2 Å². The fourth-order valence-electron chi connectivity index (χ4n) is 3.84. The van der Waals surface area contributed by atoms with E-state index in [1.165, 1.54) is 12.1 Å². The predicted molar refractivity (Wildman–Crippen MR) is 154 cm³/mol. The molecule has 0 fully saturated rings. The second kappa shape index (κ2) is 15.1. The number of ether oxygens (including phenoxy) is 2. The van der Waals surface area contributed by atoms with Crippen LogP contribution in [0.15, 0.2) is 55.1 Å². The van der Waals surface area contributed by atoms with Gasteiger partial charge in [-0.15, -0.1) is 0 Å². The van der Waals surface area contributed by atoms with Gasteiger partial charge >= 0.3 is 12.1 Å². The second-order valence-electron chi connectivity index (χ2n) is 10.0. The van der Waals surface area contributed by atoms with Gasteiger partial charge in [0, 0.05) is 19.0 Å². The lowest BCUT2D eigenvalue weighted by atomic mass is 9.99. The Hall–Kier alpha value is -4.78. The summed E-state index contributed by atoms with van der Waals surface area (Å²) < 4.78 is 10.3. The second-order valence-corrected chi connectivity index (χ2v) is 10.0. The lowest BCUT2D eigenvalue weighted by Crippen LogP contribution is -2.52. The number of esters is 1. The SMILES string of the molecule is C#CN(C(=O)C(Cc1ccc(O)cc1)NC(=O)OC(C)(C)C)C(C(=O)NCCC(=O)OCC)c1cccc(C=C)c1. The fourth-order valence-corrected chi connectivity index (χ4v) is 3.84. The molecule has 10 nitrogen and oxygen atoms in total. The Kier molecular flexibility index (Phi) is 12.0. The molecule has 41 heavy (non-hydrogen) atoms. The molecule has 0 spiro atoms. The normalized spacial score (nSPS) is 12.2. The molecule has 3 amide bonds. The van der Waals surface area contributed by atoms with Crippen LogP contribution < -0.4 is 10.6 Å². The molecule has 0 aliphatic heterocycles. The minimum atomic E-state index is -1.31. The minimum absolute atomic E-state index is 0.0135. The van der Waals surface area contributed by atoms with Crippen molar-refractivity contribution in [3.63, 3.8) is 0 Å². The molecular formula is C31H37N3O7. The van der Waals surface area contributed by atoms with E-state index in [0.29, 0.717) is 16.7 Å². The summed E-state index contributed by atoms with van der Waals surface area (Å²) in [5, 5.41) is 14.9. The number of benzene rings is 2. The van der Waals surface area contributed by atoms with Crippen LogP contribution in [0, 0.1) is 12.5 Å². The molecule has 0 bridgehead atoms. The van der Waals surface area contributed by atoms with Crippen molar-refractivity contribution < 1.29 is 33.8 Å². The van der Waals surface area contributed by atoms with Gasteiger partial charge in [-0.25, -0.2) is 4.79 Å². The third kappa shape index (κ3) is 10.4. The van der Waals surface area contributed by atoms with Crippen molar-refractivity contribution in [3.8, 4) is 18.2 Å². The van der Waals surface area contributed by atoms with Crippen LogP contribution in [-0.4, -0.2) is 58.7 Å². The Balaban J connectivity index is 2.46. The first-order chi connectivity index (χ1) is 19.4. The van der Waals surface area contributed by atoms with Gasteiger partial charge in [-0.2, -0.15) is 0 Å². The monoisotopic (exact) mass is 563 g/mol. The summed E-state index contributed by atoms with van der Waals surface area (Å²) in [4.78, 5) is 52.9. The predicted octanol–water partition coefficient (Wildman–Crippen LogP) is 3.70. The number of phenolic OH excluding ortho intramolecular Hbond substituents is 1. The van der Waals surface area contributed by atoms with Gasteiger partial charge in [0.05, 0.1) is 13.0 Å². The van der Waals surface area contributed by atoms with Gasteiger partial charge in [0.1, 0.15) is 23.4 Å². The van der Waals surface area contributed by atoms with Crippen molar-refractivity contribution in [1.82, 2.24) is 15.5 Å². The molecule has 0 saturated carbocycles. The zero-order chi connectivity index (χ0) is 30.6. The Morgan fingerprint density at radius 3 is 2.41 bits per heavy atom. The molecule has 2 aromatic carbocycles. The highest BCUT2D eigenvalue weighted by Crippen LogP contribution is 2.24. The van der Waals surface area contributed by atoms with Gasteiger partial charge in [-0.3, -0.25) is 19.3 Å². The number of phenols is 1. The lowest BCUT2D eigenvalue weighted by Gasteiger charge is -2.30. The number of terminal acetylenes is 1. The molecule has 0 radical (unpaired) electrons. The number of amides is 3. The van der Waals surface area contributed by atoms with Crippen LogP contribution in [0.4, 0.5) is 4.79 Å². The summed E-state index contributed by atoms with van der Waals surface area (Å²) in [6, 6.07) is 12.6. The molecule has 0 aromatic heterocycles. The number of aromatic hydroxyl groups is 1. The van der Waals surface area contributed by atoms with E-state index in [1.807, 2.05) is 0 Å². The van der Waals surface area contributed by atoms with E-state index in [-0.39, 0.29) is 31.7 Å². The van der Waals surface area contributed by atoms with Crippen molar-refractivity contribution in [2.45, 2.75) is 58.2 Å². The summed E-state index contributed by atoms with van der Waals surface area (Å²) in [5.41, 5.74) is 0.846. The lowest BCUT2D eigenvalue weighted by molar-refractivity contribution is -0.143. The van der Waals surface area contributed by atoms with Crippen LogP contribution in [0.5, 0.6) is 5.75 Å². The van der Waals surface area contributed by atoms with Crippen molar-refractivity contribution >= 4 is 30.0 Å². The van der Waals surface area contributed by atoms with Crippen LogP contribution in [0.25, 0.3) is 6.08 Å². The standard InChI is InChI=1S/C31H37N3O7/c1-7-21-11-10-12-23(19-21)27(28(37)32-18-17-26(36)40-9-3)34(8-2)29(38)25(33-30(39)41-31(4,5)6)20-22-13-15-24(35)16-14-22/h2,7,10-16,19,25,27,35H,1,9,17-18,20H2,3-6H3,(H,32,37)(H,33,39). The molecule has 218 valence electrons. The van der Waals surface area contributed by atoms with E-state index in [4.69, 9.17) is 15.9 Å². The van der Waals surface area contributed by atoms with Crippen LogP contribution in [-0.2, 0) is 30.3 Å². The molecule has 2 unspecified atom stereocenters. The van der Waals surface area contributed by atoms with Gasteiger partial charge < -0.3 is 25.2 Å². The van der Waals surface area contributed by atoms with Crippen molar-refractivity contribution in [3.05, 3.63) is 71.8 Å². The maximum absolute atomic E-state index is 14.0. The number of carbonyl (C=O) groups excluding carboxylic acids is 4. The maximum atomic E-state index is 14.0. The summed E-state index contributed by atoms with van der Waals surface area (Å²) in [6.45, 7) is 10.6. The Morgan fingerprint density at radius 2 is 1.83 bits per heavy atom. The molecule has 0 heterocycles. The first-order valence-electron chi connectivity index (χ1n) is 13.1. The number of nitrogens with zero attached hydrogens (tertiary/aromatic N) is 1. The van der Waals surface area contributed by atoms with Gasteiger partial charge in [-0.1, -0.05) is 49.4 Å². The van der Waals surface area contributed by atoms with E-state index in [9.17, 15) is 24.3 Å². The third-order valence-electron chi connectivity index (χ3n) is 5.64. The largest absolute Gasteiger partial charge is 0.508 e. The van der Waals surface area contributed by atoms with Gasteiger partial charge in [-0.05, 0) is 62.6 Å². The molecular weight excluding hydrogens is 526 g/mol. The topological polar surface area (TPSA) is 134 Å². The number of alkyl carbamates (subject to hydrolysis) is 1. The molecule has 3 N–H and O–H groups in total. The number of rotatable bonds is 12. The fraction of sp³-hybridized carbons (Fsp3) is 0.355. The zero-order valence-corrected chi connectivity index (χ0v) is 23.8. The zero-order valence-electron chi connectivity index (χ0n) is 23.8. The molecule has 0 aliphatic carbocycles. The smallest absolute Gasteiger partial charge is 0.408 e. The average molecular weight is 564 g/mol. The highest BCUT2D eigenvalue weighted by molar-refractivity contribution is 5.93. The van der Waals surface area contributed by atoms with E-state index in [1.54, 1.807) is 70.2 Å².